The number of aliphatic carboxylic acids is 1. The fourth-order valence-corrected chi connectivity index (χ4v) is 1.73. The van der Waals surface area contributed by atoms with E-state index in [4.69, 9.17) is 5.11 Å². The molecule has 0 spiro atoms. The van der Waals surface area contributed by atoms with Crippen LogP contribution in [0.25, 0.3) is 0 Å². The number of anilines is 1. The Morgan fingerprint density at radius 1 is 1.31 bits per heavy atom. The molecule has 5 heteroatoms. The molecule has 1 aliphatic heterocycles. The van der Waals surface area contributed by atoms with Crippen LogP contribution in [0, 0.1) is 5.92 Å². The predicted molar refractivity (Wildman–Crippen MR) is 64.9 cm³/mol. The van der Waals surface area contributed by atoms with Crippen LogP contribution < -0.4 is 4.90 Å². The molecule has 86 valence electrons. The second-order valence-electron chi connectivity index (χ2n) is 3.58. The topological polar surface area (TPSA) is 57.6 Å². The Morgan fingerprint density at radius 2 is 1.94 bits per heavy atom. The Balaban J connectivity index is 0.00000128. The van der Waals surface area contributed by atoms with E-state index in [1.165, 1.54) is 4.90 Å². The Kier molecular flexibility index (Phi) is 3.95. The lowest BCUT2D eigenvalue weighted by atomic mass is 10.1. The van der Waals surface area contributed by atoms with Crippen LogP contribution >= 0.6 is 13.5 Å². The summed E-state index contributed by atoms with van der Waals surface area (Å²) < 4.78 is 0. The van der Waals surface area contributed by atoms with Crippen LogP contribution in [0.15, 0.2) is 30.3 Å². The van der Waals surface area contributed by atoms with Crippen molar-refractivity contribution in [3.63, 3.8) is 0 Å². The molecule has 16 heavy (non-hydrogen) atoms. The van der Waals surface area contributed by atoms with Gasteiger partial charge in [0.2, 0.25) is 5.91 Å². The van der Waals surface area contributed by atoms with Crippen LogP contribution in [0.5, 0.6) is 0 Å². The van der Waals surface area contributed by atoms with Crippen LogP contribution in [0.1, 0.15) is 6.42 Å². The summed E-state index contributed by atoms with van der Waals surface area (Å²) in [5.41, 5.74) is 0.770. The first kappa shape index (κ1) is 12.6. The largest absolute Gasteiger partial charge is 0.481 e. The molecule has 1 saturated heterocycles. The number of carbonyl (C=O) groups is 2. The van der Waals surface area contributed by atoms with Crippen LogP contribution in [-0.4, -0.2) is 23.5 Å². The molecule has 1 amide bonds. The van der Waals surface area contributed by atoms with Gasteiger partial charge in [0.05, 0.1) is 5.92 Å². The standard InChI is InChI=1S/C11H11NO3.H2S/c13-10-6-8(11(14)15)7-12(10)9-4-2-1-3-5-9;/h1-5,8H,6-7H2,(H,14,15);1H2/t8-;/m0./s1. The lowest BCUT2D eigenvalue weighted by Crippen LogP contribution is -2.25. The summed E-state index contributed by atoms with van der Waals surface area (Å²) in [6.45, 7) is 0.276. The fraction of sp³-hybridized carbons (Fsp3) is 0.273. The van der Waals surface area contributed by atoms with Crippen LogP contribution in [0.4, 0.5) is 5.69 Å². The number of carboxylic acids is 1. The Labute approximate surface area is 100 Å². The van der Waals surface area contributed by atoms with Gasteiger partial charge in [-0.15, -0.1) is 0 Å². The van der Waals surface area contributed by atoms with Gasteiger partial charge in [-0.25, -0.2) is 0 Å². The van der Waals surface area contributed by atoms with E-state index >= 15 is 0 Å². The van der Waals surface area contributed by atoms with Crippen molar-refractivity contribution in [1.82, 2.24) is 0 Å². The zero-order valence-electron chi connectivity index (χ0n) is 8.59. The zero-order chi connectivity index (χ0) is 10.8. The normalized spacial score (nSPS) is 19.4. The maximum Gasteiger partial charge on any atom is 0.308 e. The first-order valence-corrected chi connectivity index (χ1v) is 4.76. The van der Waals surface area contributed by atoms with Crippen molar-refractivity contribution in [2.75, 3.05) is 11.4 Å². The highest BCUT2D eigenvalue weighted by Gasteiger charge is 2.34. The number of carbonyl (C=O) groups excluding carboxylic acids is 1. The van der Waals surface area contributed by atoms with Gasteiger partial charge in [-0.2, -0.15) is 13.5 Å². The molecule has 1 heterocycles. The molecule has 1 aromatic carbocycles. The van der Waals surface area contributed by atoms with E-state index in [2.05, 4.69) is 0 Å². The maximum atomic E-state index is 11.6. The number of amides is 1. The van der Waals surface area contributed by atoms with E-state index in [1.807, 2.05) is 30.3 Å². The summed E-state index contributed by atoms with van der Waals surface area (Å²) >= 11 is 0. The lowest BCUT2D eigenvalue weighted by molar-refractivity contribution is -0.141. The number of para-hydroxylation sites is 1. The van der Waals surface area contributed by atoms with Gasteiger partial charge >= 0.3 is 5.97 Å². The molecular formula is C11H13NO3S. The molecule has 4 nitrogen and oxygen atoms in total. The molecule has 1 fully saturated rings. The van der Waals surface area contributed by atoms with Gasteiger partial charge in [0.1, 0.15) is 0 Å². The summed E-state index contributed by atoms with van der Waals surface area (Å²) in [5, 5.41) is 8.82. The average Bonchev–Trinajstić information content (AvgIpc) is 2.62. The fourth-order valence-electron chi connectivity index (χ4n) is 1.73. The molecule has 0 bridgehead atoms. The van der Waals surface area contributed by atoms with Crippen LogP contribution in [-0.2, 0) is 9.59 Å². The molecule has 2 rings (SSSR count). The Bertz CT molecular complexity index is 393. The van der Waals surface area contributed by atoms with Gasteiger partial charge in [0.25, 0.3) is 0 Å². The number of carboxylic acid groups (broad SMARTS) is 1. The summed E-state index contributed by atoms with van der Waals surface area (Å²) in [6, 6.07) is 9.14. The minimum Gasteiger partial charge on any atom is -0.481 e. The van der Waals surface area contributed by atoms with E-state index in [-0.39, 0.29) is 32.4 Å². The van der Waals surface area contributed by atoms with E-state index in [1.54, 1.807) is 0 Å². The Morgan fingerprint density at radius 3 is 2.44 bits per heavy atom. The molecule has 1 aliphatic rings. The first-order chi connectivity index (χ1) is 7.18. The third-order valence-corrected chi connectivity index (χ3v) is 2.54. The van der Waals surface area contributed by atoms with E-state index < -0.39 is 11.9 Å². The molecule has 0 aliphatic carbocycles. The van der Waals surface area contributed by atoms with Crippen LogP contribution in [0.2, 0.25) is 0 Å². The minimum absolute atomic E-state index is 0. The molecule has 0 aromatic heterocycles. The highest BCUT2D eigenvalue weighted by molar-refractivity contribution is 7.59. The van der Waals surface area contributed by atoms with Crippen molar-refractivity contribution >= 4 is 31.1 Å². The van der Waals surface area contributed by atoms with Gasteiger partial charge < -0.3 is 10.0 Å². The SMILES string of the molecule is O=C(O)[C@H]1CC(=O)N(c2ccccc2)C1.S. The highest BCUT2D eigenvalue weighted by Crippen LogP contribution is 2.24. The number of hydrogen-bond acceptors (Lipinski definition) is 2. The van der Waals surface area contributed by atoms with Crippen molar-refractivity contribution in [1.29, 1.82) is 0 Å². The van der Waals surface area contributed by atoms with Crippen molar-refractivity contribution in [3.05, 3.63) is 30.3 Å². The van der Waals surface area contributed by atoms with E-state index in [0.717, 1.165) is 5.69 Å². The van der Waals surface area contributed by atoms with Gasteiger partial charge in [0.15, 0.2) is 0 Å². The van der Waals surface area contributed by atoms with Crippen LogP contribution in [0.3, 0.4) is 0 Å². The van der Waals surface area contributed by atoms with Crippen molar-refractivity contribution in [2.45, 2.75) is 6.42 Å². The van der Waals surface area contributed by atoms with Gasteiger partial charge in [-0.3, -0.25) is 9.59 Å². The lowest BCUT2D eigenvalue weighted by Gasteiger charge is -2.15. The quantitative estimate of drug-likeness (QED) is 0.844. The molecule has 0 saturated carbocycles. The number of rotatable bonds is 2. The Hall–Kier alpha value is -1.49. The number of benzene rings is 1. The molecule has 1 N–H and O–H groups in total. The van der Waals surface area contributed by atoms with Crippen molar-refractivity contribution in [3.8, 4) is 0 Å². The molecule has 0 unspecified atom stereocenters. The minimum atomic E-state index is -0.901. The smallest absolute Gasteiger partial charge is 0.308 e. The summed E-state index contributed by atoms with van der Waals surface area (Å²) in [5.74, 6) is -1.59. The molecule has 1 aromatic rings. The summed E-state index contributed by atoms with van der Waals surface area (Å²) in [4.78, 5) is 23.8. The number of nitrogens with zero attached hydrogens (tertiary/aromatic N) is 1. The second-order valence-corrected chi connectivity index (χ2v) is 3.58. The molecule has 0 radical (unpaired) electrons. The van der Waals surface area contributed by atoms with Gasteiger partial charge in [0, 0.05) is 18.7 Å². The third kappa shape index (κ3) is 2.36. The van der Waals surface area contributed by atoms with E-state index in [9.17, 15) is 9.59 Å². The average molecular weight is 239 g/mol. The predicted octanol–water partition coefficient (Wildman–Crippen LogP) is 1.24. The maximum absolute atomic E-state index is 11.6. The van der Waals surface area contributed by atoms with Crippen molar-refractivity contribution in [2.24, 2.45) is 5.92 Å². The van der Waals surface area contributed by atoms with Crippen molar-refractivity contribution < 1.29 is 14.7 Å². The third-order valence-electron chi connectivity index (χ3n) is 2.54. The highest BCUT2D eigenvalue weighted by atomic mass is 32.1. The van der Waals surface area contributed by atoms with Gasteiger partial charge in [-0.1, -0.05) is 18.2 Å². The first-order valence-electron chi connectivity index (χ1n) is 4.76. The zero-order valence-corrected chi connectivity index (χ0v) is 9.59. The monoisotopic (exact) mass is 239 g/mol. The summed E-state index contributed by atoms with van der Waals surface area (Å²) in [7, 11) is 0. The second kappa shape index (κ2) is 5.03. The molecular weight excluding hydrogens is 226 g/mol. The van der Waals surface area contributed by atoms with Gasteiger partial charge in [-0.05, 0) is 12.1 Å². The van der Waals surface area contributed by atoms with E-state index in [0.29, 0.717) is 0 Å². The number of hydrogen-bond donors (Lipinski definition) is 1. The molecule has 1 atom stereocenters. The summed E-state index contributed by atoms with van der Waals surface area (Å²) in [6.07, 6.45) is 0.101.